The lowest BCUT2D eigenvalue weighted by Crippen LogP contribution is -2.56. The van der Waals surface area contributed by atoms with Crippen molar-refractivity contribution in [2.75, 3.05) is 24.8 Å². The van der Waals surface area contributed by atoms with Crippen LogP contribution in [0.15, 0.2) is 89.5 Å². The van der Waals surface area contributed by atoms with Crippen LogP contribution < -0.4 is 15.4 Å². The van der Waals surface area contributed by atoms with Crippen LogP contribution in [0.25, 0.3) is 0 Å². The van der Waals surface area contributed by atoms with E-state index in [0.717, 1.165) is 11.8 Å². The van der Waals surface area contributed by atoms with Gasteiger partial charge in [-0.15, -0.1) is 0 Å². The number of aliphatic hydroxyl groups is 1. The van der Waals surface area contributed by atoms with Crippen molar-refractivity contribution in [3.63, 3.8) is 0 Å². The zero-order chi connectivity index (χ0) is 28.7. The largest absolute Gasteiger partial charge is 0.497 e. The second kappa shape index (κ2) is 12.9. The van der Waals surface area contributed by atoms with Crippen LogP contribution in [0.3, 0.4) is 0 Å². The van der Waals surface area contributed by atoms with Gasteiger partial charge in [0, 0.05) is 28.3 Å². The van der Waals surface area contributed by atoms with Crippen molar-refractivity contribution in [3.05, 3.63) is 106 Å². The number of nitrogens with one attached hydrogen (secondary N) is 2. The number of carbonyl (C=O) groups excluding carboxylic acids is 2. The van der Waals surface area contributed by atoms with Crippen molar-refractivity contribution in [2.24, 2.45) is 5.92 Å². The maximum atomic E-state index is 13.5. The number of amides is 1. The Morgan fingerprint density at radius 1 is 1.12 bits per heavy atom. The van der Waals surface area contributed by atoms with Crippen molar-refractivity contribution < 1.29 is 24.2 Å². The van der Waals surface area contributed by atoms with Gasteiger partial charge >= 0.3 is 5.97 Å². The number of anilines is 1. The lowest BCUT2D eigenvalue weighted by molar-refractivity contribution is -0.164. The van der Waals surface area contributed by atoms with E-state index in [9.17, 15) is 20.0 Å². The Bertz CT molecular complexity index is 1440. The van der Waals surface area contributed by atoms with Gasteiger partial charge in [-0.3, -0.25) is 9.59 Å². The summed E-state index contributed by atoms with van der Waals surface area (Å²) in [6.07, 6.45) is 0. The monoisotopic (exact) mass is 577 g/mol. The lowest BCUT2D eigenvalue weighted by atomic mass is 9.71. The SMILES string of the molecule is CCOC(=O)[C@@H]1[C@@H](c2ccc(Cl)cc2)C(C#N)=C(SCC(=O)Nc2cccc(OC)c2)N[C@@]1(O)c1ccccc1. The highest BCUT2D eigenvalue weighted by molar-refractivity contribution is 8.03. The highest BCUT2D eigenvalue weighted by Gasteiger charge is 2.54. The Balaban J connectivity index is 1.76. The Hall–Kier alpha value is -3.97. The summed E-state index contributed by atoms with van der Waals surface area (Å²) < 4.78 is 10.6. The molecular formula is C30H28ClN3O5S. The molecule has 1 heterocycles. The normalized spacial score (nSPS) is 20.2. The van der Waals surface area contributed by atoms with Gasteiger partial charge in [0.25, 0.3) is 0 Å². The third-order valence-corrected chi connectivity index (χ3v) is 7.72. The summed E-state index contributed by atoms with van der Waals surface area (Å²) in [6.45, 7) is 1.77. The van der Waals surface area contributed by atoms with Gasteiger partial charge in [-0.05, 0) is 36.8 Å². The maximum Gasteiger partial charge on any atom is 0.315 e. The molecular weight excluding hydrogens is 550 g/mol. The van der Waals surface area contributed by atoms with Crippen LogP contribution in [0.2, 0.25) is 5.02 Å². The van der Waals surface area contributed by atoms with Gasteiger partial charge in [0.05, 0.1) is 36.1 Å². The number of rotatable bonds is 9. The molecule has 10 heteroatoms. The zero-order valence-electron chi connectivity index (χ0n) is 21.9. The number of esters is 1. The molecule has 8 nitrogen and oxygen atoms in total. The van der Waals surface area contributed by atoms with Gasteiger partial charge in [-0.2, -0.15) is 5.26 Å². The fourth-order valence-corrected chi connectivity index (χ4v) is 5.68. The highest BCUT2D eigenvalue weighted by Crippen LogP contribution is 2.49. The lowest BCUT2D eigenvalue weighted by Gasteiger charge is -2.45. The van der Waals surface area contributed by atoms with Crippen LogP contribution in [0, 0.1) is 17.2 Å². The molecule has 0 aliphatic carbocycles. The average Bonchev–Trinajstić information content (AvgIpc) is 2.96. The molecule has 3 atom stereocenters. The Labute approximate surface area is 241 Å². The molecule has 3 aromatic rings. The molecule has 1 amide bonds. The minimum absolute atomic E-state index is 0.0764. The average molecular weight is 578 g/mol. The van der Waals surface area contributed by atoms with Crippen LogP contribution in [-0.4, -0.2) is 36.5 Å². The summed E-state index contributed by atoms with van der Waals surface area (Å²) in [5, 5.41) is 29.2. The molecule has 0 aromatic heterocycles. The molecule has 3 aromatic carbocycles. The first-order valence-corrected chi connectivity index (χ1v) is 13.9. The van der Waals surface area contributed by atoms with Crippen molar-refractivity contribution in [2.45, 2.75) is 18.6 Å². The molecule has 3 N–H and O–H groups in total. The van der Waals surface area contributed by atoms with Gasteiger partial charge in [-0.1, -0.05) is 71.9 Å². The Kier molecular flexibility index (Phi) is 9.38. The molecule has 0 unspecified atom stereocenters. The summed E-state index contributed by atoms with van der Waals surface area (Å²) in [6, 6.07) is 24.6. The fraction of sp³-hybridized carbons (Fsp3) is 0.233. The molecule has 1 aliphatic rings. The van der Waals surface area contributed by atoms with Crippen LogP contribution in [0.1, 0.15) is 24.0 Å². The predicted molar refractivity (Wildman–Crippen MR) is 155 cm³/mol. The topological polar surface area (TPSA) is 121 Å². The second-order valence-electron chi connectivity index (χ2n) is 8.94. The fourth-order valence-electron chi connectivity index (χ4n) is 4.65. The number of nitriles is 1. The molecule has 0 bridgehead atoms. The number of carbonyl (C=O) groups is 2. The van der Waals surface area contributed by atoms with E-state index in [2.05, 4.69) is 16.7 Å². The van der Waals surface area contributed by atoms with Crippen LogP contribution in [-0.2, 0) is 20.1 Å². The zero-order valence-corrected chi connectivity index (χ0v) is 23.5. The number of thioether (sulfide) groups is 1. The smallest absolute Gasteiger partial charge is 0.315 e. The van der Waals surface area contributed by atoms with E-state index in [1.165, 1.54) is 7.11 Å². The first kappa shape index (κ1) is 29.0. The number of allylic oxidation sites excluding steroid dienone is 1. The van der Waals surface area contributed by atoms with E-state index < -0.39 is 23.5 Å². The minimum atomic E-state index is -1.95. The number of hydrogen-bond donors (Lipinski definition) is 3. The Morgan fingerprint density at radius 3 is 2.50 bits per heavy atom. The van der Waals surface area contributed by atoms with Crippen LogP contribution >= 0.6 is 23.4 Å². The van der Waals surface area contributed by atoms with Crippen molar-refractivity contribution in [3.8, 4) is 11.8 Å². The molecule has 1 aliphatic heterocycles. The summed E-state index contributed by atoms with van der Waals surface area (Å²) in [5.74, 6) is -2.60. The van der Waals surface area contributed by atoms with E-state index in [1.54, 1.807) is 85.8 Å². The first-order chi connectivity index (χ1) is 19.3. The maximum absolute atomic E-state index is 13.5. The molecule has 0 saturated carbocycles. The molecule has 0 saturated heterocycles. The number of benzene rings is 3. The summed E-state index contributed by atoms with van der Waals surface area (Å²) in [7, 11) is 1.54. The first-order valence-electron chi connectivity index (χ1n) is 12.5. The molecule has 0 spiro atoms. The van der Waals surface area contributed by atoms with Crippen molar-refractivity contribution in [1.29, 1.82) is 5.26 Å². The van der Waals surface area contributed by atoms with Gasteiger partial charge in [-0.25, -0.2) is 0 Å². The van der Waals surface area contributed by atoms with Gasteiger partial charge in [0.15, 0.2) is 5.72 Å². The third-order valence-electron chi connectivity index (χ3n) is 6.45. The molecule has 0 radical (unpaired) electrons. The Morgan fingerprint density at radius 2 is 1.85 bits per heavy atom. The van der Waals surface area contributed by atoms with Gasteiger partial charge < -0.3 is 25.2 Å². The summed E-state index contributed by atoms with van der Waals surface area (Å²) in [5.41, 5.74) is -0.209. The number of ether oxygens (including phenoxy) is 2. The van der Waals surface area contributed by atoms with Crippen LogP contribution in [0.4, 0.5) is 5.69 Å². The van der Waals surface area contributed by atoms with Gasteiger partial charge in [0.2, 0.25) is 5.91 Å². The minimum Gasteiger partial charge on any atom is -0.497 e. The quantitative estimate of drug-likeness (QED) is 0.298. The highest BCUT2D eigenvalue weighted by atomic mass is 35.5. The third kappa shape index (κ3) is 6.26. The molecule has 4 rings (SSSR count). The van der Waals surface area contributed by atoms with E-state index in [-0.39, 0.29) is 28.9 Å². The van der Waals surface area contributed by atoms with Gasteiger partial charge in [0.1, 0.15) is 11.7 Å². The van der Waals surface area contributed by atoms with E-state index in [4.69, 9.17) is 21.1 Å². The summed E-state index contributed by atoms with van der Waals surface area (Å²) >= 11 is 7.19. The van der Waals surface area contributed by atoms with E-state index in [1.807, 2.05) is 0 Å². The van der Waals surface area contributed by atoms with E-state index >= 15 is 0 Å². The number of nitrogens with zero attached hydrogens (tertiary/aromatic N) is 1. The molecule has 206 valence electrons. The second-order valence-corrected chi connectivity index (χ2v) is 10.4. The van der Waals surface area contributed by atoms with Crippen LogP contribution in [0.5, 0.6) is 5.75 Å². The number of methoxy groups -OCH3 is 1. The standard InChI is InChI=1S/C30H28ClN3O5S/c1-3-39-29(36)27-26(19-12-14-21(31)15-13-19)24(17-32)28(34-30(27,37)20-8-5-4-6-9-20)40-18-25(35)33-22-10-7-11-23(16-22)38-2/h4-16,26-27,34,37H,3,18H2,1-2H3,(H,33,35)/t26-,27-,30+/m0/s1. The molecule has 0 fully saturated rings. The molecule has 40 heavy (non-hydrogen) atoms. The van der Waals surface area contributed by atoms with Crippen molar-refractivity contribution >= 4 is 40.9 Å². The van der Waals surface area contributed by atoms with E-state index in [0.29, 0.717) is 27.6 Å². The predicted octanol–water partition coefficient (Wildman–Crippen LogP) is 5.17. The number of hydrogen-bond acceptors (Lipinski definition) is 8. The summed E-state index contributed by atoms with van der Waals surface area (Å²) in [4.78, 5) is 26.3. The van der Waals surface area contributed by atoms with Crippen molar-refractivity contribution in [1.82, 2.24) is 5.32 Å². The number of halogens is 1.